The summed E-state index contributed by atoms with van der Waals surface area (Å²) < 4.78 is 0. The molecule has 0 bridgehead atoms. The first kappa shape index (κ1) is 14.7. The molecule has 18 heavy (non-hydrogen) atoms. The van der Waals surface area contributed by atoms with Gasteiger partial charge >= 0.3 is 0 Å². The largest absolute Gasteiger partial charge is 0.396 e. The van der Waals surface area contributed by atoms with Crippen LogP contribution in [0.5, 0.6) is 0 Å². The van der Waals surface area contributed by atoms with E-state index in [4.69, 9.17) is 10.8 Å². The summed E-state index contributed by atoms with van der Waals surface area (Å²) in [6.45, 7) is 4.73. The minimum Gasteiger partial charge on any atom is -0.396 e. The molecule has 0 saturated heterocycles. The summed E-state index contributed by atoms with van der Waals surface area (Å²) in [6.07, 6.45) is 1.50. The van der Waals surface area contributed by atoms with Crippen molar-refractivity contribution in [2.45, 2.75) is 32.7 Å². The number of amides is 1. The molecule has 1 rings (SSSR count). The SMILES string of the molecule is CCCNc1nc(N)c(C(=O)NC(C)CCO)s1. The fraction of sp³-hybridized carbons (Fsp3) is 0.636. The van der Waals surface area contributed by atoms with Crippen molar-refractivity contribution in [2.24, 2.45) is 0 Å². The molecule has 1 heterocycles. The fourth-order valence-electron chi connectivity index (χ4n) is 1.36. The van der Waals surface area contributed by atoms with E-state index in [-0.39, 0.29) is 24.4 Å². The van der Waals surface area contributed by atoms with Gasteiger partial charge in [0.05, 0.1) is 0 Å². The van der Waals surface area contributed by atoms with Gasteiger partial charge in [-0.05, 0) is 19.8 Å². The molecule has 7 heteroatoms. The van der Waals surface area contributed by atoms with Crippen molar-refractivity contribution in [1.29, 1.82) is 0 Å². The first-order valence-electron chi connectivity index (χ1n) is 6.00. The molecule has 0 aliphatic heterocycles. The Kier molecular flexibility index (Phi) is 5.87. The van der Waals surface area contributed by atoms with E-state index in [9.17, 15) is 4.79 Å². The van der Waals surface area contributed by atoms with Crippen LogP contribution in [-0.4, -0.2) is 35.2 Å². The normalized spacial score (nSPS) is 12.2. The second-order valence-electron chi connectivity index (χ2n) is 4.05. The number of nitrogen functional groups attached to an aromatic ring is 1. The molecule has 0 aromatic carbocycles. The molecule has 6 nitrogen and oxygen atoms in total. The molecule has 5 N–H and O–H groups in total. The lowest BCUT2D eigenvalue weighted by molar-refractivity contribution is 0.0939. The van der Waals surface area contributed by atoms with Gasteiger partial charge in [-0.25, -0.2) is 4.98 Å². The molecule has 1 atom stereocenters. The number of nitrogens with one attached hydrogen (secondary N) is 2. The van der Waals surface area contributed by atoms with Crippen LogP contribution in [0.1, 0.15) is 36.4 Å². The number of rotatable bonds is 7. The van der Waals surface area contributed by atoms with Gasteiger partial charge in [-0.15, -0.1) is 0 Å². The van der Waals surface area contributed by atoms with E-state index < -0.39 is 0 Å². The Morgan fingerprint density at radius 2 is 2.33 bits per heavy atom. The maximum absolute atomic E-state index is 11.9. The third-order valence-corrected chi connectivity index (χ3v) is 3.35. The molecule has 0 aliphatic carbocycles. The van der Waals surface area contributed by atoms with Crippen LogP contribution in [-0.2, 0) is 0 Å². The van der Waals surface area contributed by atoms with Crippen molar-refractivity contribution in [1.82, 2.24) is 10.3 Å². The van der Waals surface area contributed by atoms with E-state index >= 15 is 0 Å². The molecule has 1 unspecified atom stereocenters. The standard InChI is InChI=1S/C11H20N4O2S/c1-3-5-13-11-15-9(12)8(18-11)10(17)14-7(2)4-6-16/h7,16H,3-6,12H2,1-2H3,(H,13,15)(H,14,17). The number of aliphatic hydroxyl groups excluding tert-OH is 1. The van der Waals surface area contributed by atoms with Gasteiger partial charge in [0.25, 0.3) is 5.91 Å². The summed E-state index contributed by atoms with van der Waals surface area (Å²) in [5.74, 6) is 0.00259. The zero-order valence-electron chi connectivity index (χ0n) is 10.7. The van der Waals surface area contributed by atoms with E-state index in [1.807, 2.05) is 13.8 Å². The molecule has 102 valence electrons. The number of hydrogen-bond acceptors (Lipinski definition) is 6. The monoisotopic (exact) mass is 272 g/mol. The number of carbonyl (C=O) groups excluding carboxylic acids is 1. The van der Waals surface area contributed by atoms with Gasteiger partial charge in [0.2, 0.25) is 0 Å². The van der Waals surface area contributed by atoms with Crippen LogP contribution in [0.25, 0.3) is 0 Å². The minimum absolute atomic E-state index is 0.0446. The Morgan fingerprint density at radius 3 is 2.94 bits per heavy atom. The first-order valence-corrected chi connectivity index (χ1v) is 6.82. The average Bonchev–Trinajstić information content (AvgIpc) is 2.68. The molecule has 0 fully saturated rings. The fourth-order valence-corrected chi connectivity index (χ4v) is 2.17. The summed E-state index contributed by atoms with van der Waals surface area (Å²) in [4.78, 5) is 16.4. The van der Waals surface area contributed by atoms with Crippen molar-refractivity contribution in [3.63, 3.8) is 0 Å². The highest BCUT2D eigenvalue weighted by atomic mass is 32.1. The maximum Gasteiger partial charge on any atom is 0.265 e. The van der Waals surface area contributed by atoms with Crippen LogP contribution in [0.15, 0.2) is 0 Å². The topological polar surface area (TPSA) is 100 Å². The van der Waals surface area contributed by atoms with Gasteiger partial charge in [-0.1, -0.05) is 18.3 Å². The van der Waals surface area contributed by atoms with Crippen LogP contribution in [0.4, 0.5) is 10.9 Å². The van der Waals surface area contributed by atoms with Gasteiger partial charge in [0.1, 0.15) is 10.7 Å². The number of aromatic nitrogens is 1. The Balaban J connectivity index is 2.64. The molecular formula is C11H20N4O2S. The Bertz CT molecular complexity index is 394. The highest BCUT2D eigenvalue weighted by Gasteiger charge is 2.17. The van der Waals surface area contributed by atoms with E-state index in [0.717, 1.165) is 13.0 Å². The van der Waals surface area contributed by atoms with Crippen molar-refractivity contribution in [2.75, 3.05) is 24.2 Å². The van der Waals surface area contributed by atoms with Crippen LogP contribution < -0.4 is 16.4 Å². The molecule has 1 amide bonds. The highest BCUT2D eigenvalue weighted by molar-refractivity contribution is 7.18. The van der Waals surface area contributed by atoms with Crippen LogP contribution >= 0.6 is 11.3 Å². The Morgan fingerprint density at radius 1 is 1.61 bits per heavy atom. The molecule has 0 aliphatic rings. The van der Waals surface area contributed by atoms with E-state index in [2.05, 4.69) is 15.6 Å². The van der Waals surface area contributed by atoms with Crippen molar-refractivity contribution < 1.29 is 9.90 Å². The molecular weight excluding hydrogens is 252 g/mol. The highest BCUT2D eigenvalue weighted by Crippen LogP contribution is 2.24. The van der Waals surface area contributed by atoms with Crippen molar-refractivity contribution in [3.05, 3.63) is 4.88 Å². The molecule has 1 aromatic rings. The first-order chi connectivity index (χ1) is 8.58. The number of nitrogens with zero attached hydrogens (tertiary/aromatic N) is 1. The number of thiazole rings is 1. The quantitative estimate of drug-likeness (QED) is 0.594. The lowest BCUT2D eigenvalue weighted by atomic mass is 10.2. The molecule has 0 spiro atoms. The van der Waals surface area contributed by atoms with Gasteiger partial charge in [0, 0.05) is 19.2 Å². The maximum atomic E-state index is 11.9. The van der Waals surface area contributed by atoms with Crippen molar-refractivity contribution >= 4 is 28.2 Å². The predicted molar refractivity (Wildman–Crippen MR) is 73.9 cm³/mol. The molecule has 1 aromatic heterocycles. The zero-order chi connectivity index (χ0) is 13.5. The summed E-state index contributed by atoms with van der Waals surface area (Å²) in [5.41, 5.74) is 5.71. The van der Waals surface area contributed by atoms with Crippen LogP contribution in [0.3, 0.4) is 0 Å². The predicted octanol–water partition coefficient (Wildman–Crippen LogP) is 1.05. The summed E-state index contributed by atoms with van der Waals surface area (Å²) >= 11 is 1.25. The average molecular weight is 272 g/mol. The van der Waals surface area contributed by atoms with Gasteiger partial charge in [-0.2, -0.15) is 0 Å². The third kappa shape index (κ3) is 4.15. The van der Waals surface area contributed by atoms with Gasteiger partial charge in [-0.3, -0.25) is 4.79 Å². The second kappa shape index (κ2) is 7.17. The number of hydrogen-bond donors (Lipinski definition) is 4. The van der Waals surface area contributed by atoms with E-state index in [0.29, 0.717) is 16.4 Å². The number of aliphatic hydroxyl groups is 1. The number of nitrogens with two attached hydrogens (primary N) is 1. The summed E-state index contributed by atoms with van der Waals surface area (Å²) in [6, 6.07) is -0.0870. The lowest BCUT2D eigenvalue weighted by Crippen LogP contribution is -2.33. The third-order valence-electron chi connectivity index (χ3n) is 2.33. The molecule has 0 saturated carbocycles. The molecule has 0 radical (unpaired) electrons. The van der Waals surface area contributed by atoms with Crippen LogP contribution in [0.2, 0.25) is 0 Å². The van der Waals surface area contributed by atoms with Crippen LogP contribution in [0, 0.1) is 0 Å². The minimum atomic E-state index is -0.240. The van der Waals surface area contributed by atoms with Gasteiger partial charge < -0.3 is 21.5 Å². The number of carbonyl (C=O) groups is 1. The second-order valence-corrected chi connectivity index (χ2v) is 5.05. The Hall–Kier alpha value is -1.34. The Labute approximate surface area is 111 Å². The smallest absolute Gasteiger partial charge is 0.265 e. The number of anilines is 2. The lowest BCUT2D eigenvalue weighted by Gasteiger charge is -2.11. The summed E-state index contributed by atoms with van der Waals surface area (Å²) in [7, 11) is 0. The zero-order valence-corrected chi connectivity index (χ0v) is 11.5. The van der Waals surface area contributed by atoms with Crippen molar-refractivity contribution in [3.8, 4) is 0 Å². The van der Waals surface area contributed by atoms with Gasteiger partial charge in [0.15, 0.2) is 5.13 Å². The van der Waals surface area contributed by atoms with E-state index in [1.165, 1.54) is 11.3 Å². The van der Waals surface area contributed by atoms with E-state index in [1.54, 1.807) is 0 Å². The summed E-state index contributed by atoms with van der Waals surface area (Å²) in [5, 5.41) is 15.3.